The minimum atomic E-state index is -3.40. The summed E-state index contributed by atoms with van der Waals surface area (Å²) in [6, 6.07) is 0. The molecule has 6 atom stereocenters. The van der Waals surface area contributed by atoms with Gasteiger partial charge in [0.15, 0.2) is 0 Å². The van der Waals surface area contributed by atoms with Gasteiger partial charge in [0.25, 0.3) is 10.1 Å². The topological polar surface area (TPSA) is 78.9 Å². The van der Waals surface area contributed by atoms with E-state index in [0.717, 1.165) is 6.42 Å². The van der Waals surface area contributed by atoms with Crippen molar-refractivity contribution in [2.75, 3.05) is 13.2 Å². The molecule has 3 aliphatic rings. The summed E-state index contributed by atoms with van der Waals surface area (Å²) < 4.78 is 40.1. The second kappa shape index (κ2) is 5.70. The zero-order chi connectivity index (χ0) is 17.0. The second-order valence-electron chi connectivity index (χ2n) is 8.08. The van der Waals surface area contributed by atoms with Crippen LogP contribution in [-0.2, 0) is 28.6 Å². The lowest BCUT2D eigenvalue weighted by atomic mass is 9.82. The van der Waals surface area contributed by atoms with Crippen LogP contribution in [0.25, 0.3) is 0 Å². The molecule has 1 heterocycles. The van der Waals surface area contributed by atoms with E-state index in [1.54, 1.807) is 0 Å². The molecule has 6 nitrogen and oxygen atoms in total. The van der Waals surface area contributed by atoms with E-state index in [1.165, 1.54) is 0 Å². The van der Waals surface area contributed by atoms with Crippen LogP contribution >= 0.6 is 0 Å². The van der Waals surface area contributed by atoms with Crippen LogP contribution in [0.1, 0.15) is 40.5 Å². The Balaban J connectivity index is 1.45. The van der Waals surface area contributed by atoms with Crippen molar-refractivity contribution in [3.8, 4) is 0 Å². The van der Waals surface area contributed by atoms with E-state index in [0.29, 0.717) is 6.42 Å². The Kier molecular flexibility index (Phi) is 4.26. The Morgan fingerprint density at radius 2 is 1.96 bits per heavy atom. The minimum Gasteiger partial charge on any atom is -0.463 e. The van der Waals surface area contributed by atoms with E-state index in [1.807, 2.05) is 27.7 Å². The standard InChI is InChI=1S/C16H26O6S/c1-9(16(2,3)4)15(17)21-6-5-20-13-10-7-11-12(8-10)23(18,19)22-14(11)13/h9-14H,5-8H2,1-4H3. The summed E-state index contributed by atoms with van der Waals surface area (Å²) in [7, 11) is -3.40. The van der Waals surface area contributed by atoms with Crippen LogP contribution in [0, 0.1) is 23.2 Å². The van der Waals surface area contributed by atoms with Crippen molar-refractivity contribution in [1.29, 1.82) is 0 Å². The summed E-state index contributed by atoms with van der Waals surface area (Å²) >= 11 is 0. The lowest BCUT2D eigenvalue weighted by Gasteiger charge is -2.26. The van der Waals surface area contributed by atoms with E-state index in [4.69, 9.17) is 13.7 Å². The van der Waals surface area contributed by atoms with Gasteiger partial charge in [-0.3, -0.25) is 8.98 Å². The van der Waals surface area contributed by atoms with Gasteiger partial charge in [0.05, 0.1) is 23.9 Å². The van der Waals surface area contributed by atoms with Gasteiger partial charge in [0, 0.05) is 5.92 Å². The van der Waals surface area contributed by atoms with Gasteiger partial charge in [-0.2, -0.15) is 8.42 Å². The first-order chi connectivity index (χ1) is 10.6. The summed E-state index contributed by atoms with van der Waals surface area (Å²) in [6.45, 7) is 8.32. The van der Waals surface area contributed by atoms with Crippen molar-refractivity contribution in [2.24, 2.45) is 23.2 Å². The lowest BCUT2D eigenvalue weighted by Crippen LogP contribution is -2.36. The maximum absolute atomic E-state index is 11.9. The van der Waals surface area contributed by atoms with Crippen LogP contribution in [0.3, 0.4) is 0 Å². The Morgan fingerprint density at radius 1 is 1.26 bits per heavy atom. The molecule has 3 rings (SSSR count). The third-order valence-electron chi connectivity index (χ3n) is 5.70. The molecule has 132 valence electrons. The highest BCUT2D eigenvalue weighted by molar-refractivity contribution is 7.87. The molecule has 2 bridgehead atoms. The summed E-state index contributed by atoms with van der Waals surface area (Å²) in [6.07, 6.45) is 0.968. The van der Waals surface area contributed by atoms with Crippen molar-refractivity contribution in [1.82, 2.24) is 0 Å². The minimum absolute atomic E-state index is 0.0819. The number of carbonyl (C=O) groups is 1. The summed E-state index contributed by atoms with van der Waals surface area (Å²) in [5, 5.41) is -0.331. The number of carbonyl (C=O) groups excluding carboxylic acids is 1. The van der Waals surface area contributed by atoms with Gasteiger partial charge in [-0.25, -0.2) is 0 Å². The third kappa shape index (κ3) is 3.03. The van der Waals surface area contributed by atoms with Gasteiger partial charge in [-0.15, -0.1) is 0 Å². The van der Waals surface area contributed by atoms with E-state index >= 15 is 0 Å². The van der Waals surface area contributed by atoms with Crippen molar-refractivity contribution < 1.29 is 26.9 Å². The van der Waals surface area contributed by atoms with Gasteiger partial charge < -0.3 is 9.47 Å². The molecule has 1 aliphatic heterocycles. The summed E-state index contributed by atoms with van der Waals surface area (Å²) in [5.41, 5.74) is -0.135. The average molecular weight is 346 g/mol. The zero-order valence-corrected chi connectivity index (χ0v) is 15.0. The Bertz CT molecular complexity index is 578. The zero-order valence-electron chi connectivity index (χ0n) is 14.2. The third-order valence-corrected chi connectivity index (χ3v) is 7.48. The summed E-state index contributed by atoms with van der Waals surface area (Å²) in [5.74, 6) is -0.0854. The molecule has 0 aromatic carbocycles. The van der Waals surface area contributed by atoms with Crippen molar-refractivity contribution in [3.05, 3.63) is 0 Å². The van der Waals surface area contributed by atoms with Gasteiger partial charge in [-0.1, -0.05) is 27.7 Å². The molecule has 0 amide bonds. The first-order valence-electron chi connectivity index (χ1n) is 8.31. The number of ether oxygens (including phenoxy) is 2. The van der Waals surface area contributed by atoms with Crippen LogP contribution in [0.2, 0.25) is 0 Å². The molecule has 0 spiro atoms. The van der Waals surface area contributed by atoms with Gasteiger partial charge in [0.1, 0.15) is 12.7 Å². The molecule has 0 aromatic heterocycles. The van der Waals surface area contributed by atoms with Crippen LogP contribution in [0.5, 0.6) is 0 Å². The fraction of sp³-hybridized carbons (Fsp3) is 0.938. The van der Waals surface area contributed by atoms with E-state index in [-0.39, 0.29) is 59.8 Å². The summed E-state index contributed by atoms with van der Waals surface area (Å²) in [4.78, 5) is 11.9. The molecular weight excluding hydrogens is 320 g/mol. The first-order valence-corrected chi connectivity index (χ1v) is 9.79. The molecule has 23 heavy (non-hydrogen) atoms. The van der Waals surface area contributed by atoms with Crippen LogP contribution in [-0.4, -0.2) is 45.1 Å². The SMILES string of the molecule is CC(C(=O)OCCOC1C2CC3C1OS(=O)(=O)C3C2)C(C)(C)C. The molecule has 7 heteroatoms. The highest BCUT2D eigenvalue weighted by Gasteiger charge is 2.64. The normalized spacial score (nSPS) is 38.7. The fourth-order valence-corrected chi connectivity index (χ4v) is 5.80. The van der Waals surface area contributed by atoms with E-state index < -0.39 is 10.1 Å². The highest BCUT2D eigenvalue weighted by Crippen LogP contribution is 2.55. The van der Waals surface area contributed by atoms with Gasteiger partial charge in [-0.05, 0) is 24.2 Å². The molecule has 3 fully saturated rings. The predicted molar refractivity (Wildman–Crippen MR) is 83.1 cm³/mol. The number of esters is 1. The average Bonchev–Trinajstić information content (AvgIpc) is 3.04. The smallest absolute Gasteiger partial charge is 0.309 e. The second-order valence-corrected chi connectivity index (χ2v) is 9.86. The molecule has 2 aliphatic carbocycles. The van der Waals surface area contributed by atoms with E-state index in [9.17, 15) is 13.2 Å². The monoisotopic (exact) mass is 346 g/mol. The number of hydrogen-bond donors (Lipinski definition) is 0. The Morgan fingerprint density at radius 3 is 2.61 bits per heavy atom. The van der Waals surface area contributed by atoms with Crippen molar-refractivity contribution >= 4 is 16.1 Å². The maximum Gasteiger partial charge on any atom is 0.309 e. The van der Waals surface area contributed by atoms with Crippen molar-refractivity contribution in [3.63, 3.8) is 0 Å². The predicted octanol–water partition coefficient (Wildman–Crippen LogP) is 1.73. The Hall–Kier alpha value is -0.660. The quantitative estimate of drug-likeness (QED) is 0.429. The van der Waals surface area contributed by atoms with Crippen LogP contribution < -0.4 is 0 Å². The van der Waals surface area contributed by atoms with Crippen molar-refractivity contribution in [2.45, 2.75) is 58.0 Å². The number of rotatable bonds is 5. The molecule has 0 radical (unpaired) electrons. The Labute approximate surface area is 138 Å². The lowest BCUT2D eigenvalue weighted by molar-refractivity contribution is -0.154. The maximum atomic E-state index is 11.9. The first kappa shape index (κ1) is 17.2. The number of fused-ring (bicyclic) bond motifs is 1. The number of hydrogen-bond acceptors (Lipinski definition) is 6. The van der Waals surface area contributed by atoms with Crippen LogP contribution in [0.4, 0.5) is 0 Å². The molecule has 0 N–H and O–H groups in total. The van der Waals surface area contributed by atoms with Gasteiger partial charge in [0.2, 0.25) is 0 Å². The molecule has 6 unspecified atom stereocenters. The fourth-order valence-electron chi connectivity index (χ4n) is 3.92. The molecule has 2 saturated carbocycles. The molecule has 0 aromatic rings. The van der Waals surface area contributed by atoms with E-state index in [2.05, 4.69) is 0 Å². The molecule has 1 saturated heterocycles. The molecular formula is C16H26O6S. The largest absolute Gasteiger partial charge is 0.463 e. The van der Waals surface area contributed by atoms with Crippen LogP contribution in [0.15, 0.2) is 0 Å². The van der Waals surface area contributed by atoms with Gasteiger partial charge >= 0.3 is 5.97 Å². The highest BCUT2D eigenvalue weighted by atomic mass is 32.2.